The van der Waals surface area contributed by atoms with E-state index in [4.69, 9.17) is 0 Å². The van der Waals surface area contributed by atoms with Crippen molar-refractivity contribution in [1.82, 2.24) is 0 Å². The Labute approximate surface area is 115 Å². The van der Waals surface area contributed by atoms with Gasteiger partial charge in [-0.25, -0.2) is 0 Å². The van der Waals surface area contributed by atoms with Crippen LogP contribution in [0.1, 0.15) is 38.3 Å². The second-order valence-corrected chi connectivity index (χ2v) is 6.05. The van der Waals surface area contributed by atoms with Crippen molar-refractivity contribution in [2.45, 2.75) is 38.2 Å². The first-order valence-electron chi connectivity index (χ1n) is 6.75. The molecule has 2 aromatic rings. The smallest absolute Gasteiger partial charge is 0.0603 e. The van der Waals surface area contributed by atoms with Gasteiger partial charge in [0.15, 0.2) is 0 Å². The molecular weight excluding hydrogens is 232 g/mol. The summed E-state index contributed by atoms with van der Waals surface area (Å²) in [6.45, 7) is 5.95. The molecule has 100 valence electrons. The second kappa shape index (κ2) is 5.18. The Morgan fingerprint density at radius 3 is 1.42 bits per heavy atom. The first kappa shape index (κ1) is 13.8. The van der Waals surface area contributed by atoms with E-state index < -0.39 is 5.60 Å². The molecule has 0 aliphatic heterocycles. The molecule has 1 nitrogen and oxygen atoms in total. The van der Waals surface area contributed by atoms with E-state index in [9.17, 15) is 5.11 Å². The lowest BCUT2D eigenvalue weighted by atomic mass is 9.70. The monoisotopic (exact) mass is 254 g/mol. The zero-order chi connectivity index (χ0) is 13.9. The van der Waals surface area contributed by atoms with E-state index in [1.807, 2.05) is 26.0 Å². The Morgan fingerprint density at radius 2 is 1.11 bits per heavy atom. The molecule has 0 fully saturated rings. The van der Waals surface area contributed by atoms with Crippen molar-refractivity contribution in [3.63, 3.8) is 0 Å². The molecule has 0 amide bonds. The molecule has 0 bridgehead atoms. The van der Waals surface area contributed by atoms with Crippen molar-refractivity contribution in [1.29, 1.82) is 0 Å². The number of hydrogen-bond donors (Lipinski definition) is 1. The summed E-state index contributed by atoms with van der Waals surface area (Å²) in [5.74, 6) is 0. The van der Waals surface area contributed by atoms with Gasteiger partial charge in [0.2, 0.25) is 0 Å². The van der Waals surface area contributed by atoms with Gasteiger partial charge in [0, 0.05) is 5.41 Å². The van der Waals surface area contributed by atoms with Crippen LogP contribution in [0.4, 0.5) is 0 Å². The summed E-state index contributed by atoms with van der Waals surface area (Å²) in [6, 6.07) is 20.8. The fourth-order valence-electron chi connectivity index (χ4n) is 2.85. The van der Waals surface area contributed by atoms with Gasteiger partial charge in [0.25, 0.3) is 0 Å². The number of rotatable bonds is 4. The molecule has 2 rings (SSSR count). The topological polar surface area (TPSA) is 20.2 Å². The van der Waals surface area contributed by atoms with Crippen molar-refractivity contribution < 1.29 is 5.11 Å². The number of hydrogen-bond acceptors (Lipinski definition) is 1. The molecule has 0 heterocycles. The molecular formula is C18H22O. The average molecular weight is 254 g/mol. The van der Waals surface area contributed by atoms with Crippen molar-refractivity contribution in [3.05, 3.63) is 71.8 Å². The Bertz CT molecular complexity index is 469. The van der Waals surface area contributed by atoms with Crippen LogP contribution in [0, 0.1) is 0 Å². The quantitative estimate of drug-likeness (QED) is 0.869. The lowest BCUT2D eigenvalue weighted by Crippen LogP contribution is -2.34. The Hall–Kier alpha value is -1.60. The summed E-state index contributed by atoms with van der Waals surface area (Å²) < 4.78 is 0. The summed E-state index contributed by atoms with van der Waals surface area (Å²) in [4.78, 5) is 0. The number of aliphatic hydroxyl groups is 1. The van der Waals surface area contributed by atoms with Gasteiger partial charge in [-0.3, -0.25) is 0 Å². The third-order valence-electron chi connectivity index (χ3n) is 3.61. The lowest BCUT2D eigenvalue weighted by Gasteiger charge is -2.36. The molecule has 0 unspecified atom stereocenters. The van der Waals surface area contributed by atoms with E-state index in [1.165, 1.54) is 11.1 Å². The molecule has 0 spiro atoms. The molecule has 0 saturated carbocycles. The van der Waals surface area contributed by atoms with Crippen molar-refractivity contribution in [3.8, 4) is 0 Å². The van der Waals surface area contributed by atoms with Gasteiger partial charge in [-0.05, 0) is 31.4 Å². The average Bonchev–Trinajstić information content (AvgIpc) is 2.39. The van der Waals surface area contributed by atoms with Crippen LogP contribution in [0.5, 0.6) is 0 Å². The Balaban J connectivity index is 2.51. The summed E-state index contributed by atoms with van der Waals surface area (Å²) in [6.07, 6.45) is 0.689. The zero-order valence-electron chi connectivity index (χ0n) is 11.9. The van der Waals surface area contributed by atoms with Crippen LogP contribution >= 0.6 is 0 Å². The molecule has 0 aromatic heterocycles. The van der Waals surface area contributed by atoms with Crippen LogP contribution in [-0.4, -0.2) is 10.7 Å². The van der Waals surface area contributed by atoms with Crippen LogP contribution < -0.4 is 0 Å². The fraction of sp³-hybridized carbons (Fsp3) is 0.333. The third kappa shape index (κ3) is 3.24. The number of benzene rings is 2. The second-order valence-electron chi connectivity index (χ2n) is 6.05. The standard InChI is InChI=1S/C18H22O/c1-17(2,19)14-18(3,15-10-6-4-7-11-15)16-12-8-5-9-13-16/h4-13,19H,14H2,1-3H3. The van der Waals surface area contributed by atoms with Crippen molar-refractivity contribution >= 4 is 0 Å². The molecule has 0 atom stereocenters. The van der Waals surface area contributed by atoms with Gasteiger partial charge < -0.3 is 5.11 Å². The van der Waals surface area contributed by atoms with Gasteiger partial charge in [-0.15, -0.1) is 0 Å². The van der Waals surface area contributed by atoms with Crippen LogP contribution in [0.2, 0.25) is 0 Å². The predicted molar refractivity (Wildman–Crippen MR) is 80.3 cm³/mol. The van der Waals surface area contributed by atoms with E-state index >= 15 is 0 Å². The zero-order valence-corrected chi connectivity index (χ0v) is 11.9. The highest BCUT2D eigenvalue weighted by Crippen LogP contribution is 2.38. The normalized spacial score (nSPS) is 12.4. The van der Waals surface area contributed by atoms with E-state index in [1.54, 1.807) is 0 Å². The third-order valence-corrected chi connectivity index (χ3v) is 3.61. The van der Waals surface area contributed by atoms with E-state index in [2.05, 4.69) is 55.5 Å². The molecule has 0 aliphatic carbocycles. The minimum absolute atomic E-state index is 0.180. The molecule has 1 N–H and O–H groups in total. The SMILES string of the molecule is CC(C)(O)CC(C)(c1ccccc1)c1ccccc1. The molecule has 19 heavy (non-hydrogen) atoms. The van der Waals surface area contributed by atoms with Crippen LogP contribution in [0.15, 0.2) is 60.7 Å². The first-order chi connectivity index (χ1) is 8.92. The summed E-state index contributed by atoms with van der Waals surface area (Å²) in [5, 5.41) is 10.3. The van der Waals surface area contributed by atoms with E-state index in [0.717, 1.165) is 0 Å². The van der Waals surface area contributed by atoms with Gasteiger partial charge in [-0.2, -0.15) is 0 Å². The highest BCUT2D eigenvalue weighted by atomic mass is 16.3. The maximum Gasteiger partial charge on any atom is 0.0603 e. The maximum absolute atomic E-state index is 10.3. The minimum atomic E-state index is -0.708. The maximum atomic E-state index is 10.3. The summed E-state index contributed by atoms with van der Waals surface area (Å²) >= 11 is 0. The summed E-state index contributed by atoms with van der Waals surface area (Å²) in [7, 11) is 0. The van der Waals surface area contributed by atoms with Crippen LogP contribution in [-0.2, 0) is 5.41 Å². The van der Waals surface area contributed by atoms with Crippen molar-refractivity contribution in [2.24, 2.45) is 0 Å². The highest BCUT2D eigenvalue weighted by molar-refractivity contribution is 5.38. The van der Waals surface area contributed by atoms with Crippen LogP contribution in [0.3, 0.4) is 0 Å². The highest BCUT2D eigenvalue weighted by Gasteiger charge is 2.34. The van der Waals surface area contributed by atoms with Gasteiger partial charge in [-0.1, -0.05) is 67.6 Å². The molecule has 0 radical (unpaired) electrons. The van der Waals surface area contributed by atoms with Gasteiger partial charge >= 0.3 is 0 Å². The first-order valence-corrected chi connectivity index (χ1v) is 6.75. The lowest BCUT2D eigenvalue weighted by molar-refractivity contribution is 0.0535. The van der Waals surface area contributed by atoms with Crippen LogP contribution in [0.25, 0.3) is 0 Å². The minimum Gasteiger partial charge on any atom is -0.390 e. The molecule has 0 saturated heterocycles. The van der Waals surface area contributed by atoms with Gasteiger partial charge in [0.05, 0.1) is 5.60 Å². The van der Waals surface area contributed by atoms with Gasteiger partial charge in [0.1, 0.15) is 0 Å². The van der Waals surface area contributed by atoms with Crippen molar-refractivity contribution in [2.75, 3.05) is 0 Å². The molecule has 1 heteroatoms. The largest absolute Gasteiger partial charge is 0.390 e. The fourth-order valence-corrected chi connectivity index (χ4v) is 2.85. The molecule has 2 aromatic carbocycles. The Morgan fingerprint density at radius 1 is 0.737 bits per heavy atom. The Kier molecular flexibility index (Phi) is 3.77. The predicted octanol–water partition coefficient (Wildman–Crippen LogP) is 4.15. The van der Waals surface area contributed by atoms with E-state index in [-0.39, 0.29) is 5.41 Å². The van der Waals surface area contributed by atoms with E-state index in [0.29, 0.717) is 6.42 Å². The molecule has 0 aliphatic rings. The summed E-state index contributed by atoms with van der Waals surface area (Å²) in [5.41, 5.74) is 1.59.